The maximum Gasteiger partial charge on any atom is 0.337 e. The molecular formula is C20H30N4O3. The standard InChI is InChI=1S/C20H30N4O3/c1-6-16-18(19(25)27-7-2)17(22-20(26)21-16)13-24(5)12-14-8-10-15(11-9-14)23(3)4/h8-11,16H,6-7,12-13H2,1-5H3,(H2,21,22,26)/t16-/m1/s1. The SMILES string of the molecule is CCOC(=O)C1=C(CN(C)Cc2ccc(N(C)C)cc2)NC(=O)N[C@@H]1CC. The first-order valence-electron chi connectivity index (χ1n) is 9.28. The van der Waals surface area contributed by atoms with Crippen LogP contribution in [0.5, 0.6) is 0 Å². The smallest absolute Gasteiger partial charge is 0.337 e. The third kappa shape index (κ3) is 5.47. The van der Waals surface area contributed by atoms with E-state index in [-0.39, 0.29) is 18.0 Å². The molecule has 1 aromatic rings. The van der Waals surface area contributed by atoms with E-state index >= 15 is 0 Å². The zero-order valence-electron chi connectivity index (χ0n) is 16.8. The van der Waals surface area contributed by atoms with Crippen molar-refractivity contribution < 1.29 is 14.3 Å². The van der Waals surface area contributed by atoms with E-state index in [1.807, 2.05) is 28.1 Å². The van der Waals surface area contributed by atoms with Crippen LogP contribution in [0.4, 0.5) is 10.5 Å². The zero-order valence-corrected chi connectivity index (χ0v) is 16.8. The highest BCUT2D eigenvalue weighted by molar-refractivity contribution is 5.94. The fourth-order valence-electron chi connectivity index (χ4n) is 3.12. The van der Waals surface area contributed by atoms with Gasteiger partial charge in [0, 0.05) is 38.6 Å². The van der Waals surface area contributed by atoms with Gasteiger partial charge in [-0.25, -0.2) is 9.59 Å². The first kappa shape index (κ1) is 20.8. The van der Waals surface area contributed by atoms with Gasteiger partial charge >= 0.3 is 12.0 Å². The molecule has 0 unspecified atom stereocenters. The van der Waals surface area contributed by atoms with Crippen LogP contribution in [-0.4, -0.2) is 57.2 Å². The Labute approximate surface area is 161 Å². The van der Waals surface area contributed by atoms with Gasteiger partial charge in [0.1, 0.15) is 0 Å². The van der Waals surface area contributed by atoms with Crippen LogP contribution in [0.15, 0.2) is 35.5 Å². The zero-order chi connectivity index (χ0) is 20.0. The number of hydrogen-bond donors (Lipinski definition) is 2. The van der Waals surface area contributed by atoms with Crippen LogP contribution < -0.4 is 15.5 Å². The molecule has 2 rings (SSSR count). The van der Waals surface area contributed by atoms with Gasteiger partial charge in [0.15, 0.2) is 0 Å². The number of nitrogens with zero attached hydrogens (tertiary/aromatic N) is 2. The Hall–Kier alpha value is -2.54. The van der Waals surface area contributed by atoms with Gasteiger partial charge in [-0.3, -0.25) is 4.90 Å². The van der Waals surface area contributed by atoms with Crippen LogP contribution in [0.2, 0.25) is 0 Å². The Balaban J connectivity index is 2.16. The first-order chi connectivity index (χ1) is 12.8. The molecule has 0 radical (unpaired) electrons. The van der Waals surface area contributed by atoms with Gasteiger partial charge in [-0.05, 0) is 38.1 Å². The monoisotopic (exact) mass is 374 g/mol. The van der Waals surface area contributed by atoms with Crippen molar-refractivity contribution in [2.24, 2.45) is 0 Å². The number of urea groups is 1. The number of benzene rings is 1. The molecule has 1 heterocycles. The van der Waals surface area contributed by atoms with Crippen LogP contribution >= 0.6 is 0 Å². The number of hydrogen-bond acceptors (Lipinski definition) is 5. The van der Waals surface area contributed by atoms with Crippen LogP contribution in [0, 0.1) is 0 Å². The Bertz CT molecular complexity index is 698. The lowest BCUT2D eigenvalue weighted by molar-refractivity contribution is -0.139. The molecule has 148 valence electrons. The average molecular weight is 374 g/mol. The normalized spacial score (nSPS) is 16.8. The summed E-state index contributed by atoms with van der Waals surface area (Å²) >= 11 is 0. The Kier molecular flexibility index (Phi) is 7.24. The maximum absolute atomic E-state index is 12.4. The van der Waals surface area contributed by atoms with E-state index in [0.717, 1.165) is 11.3 Å². The number of anilines is 1. The Morgan fingerprint density at radius 3 is 2.33 bits per heavy atom. The topological polar surface area (TPSA) is 73.9 Å². The van der Waals surface area contributed by atoms with Crippen molar-refractivity contribution in [1.82, 2.24) is 15.5 Å². The van der Waals surface area contributed by atoms with E-state index in [4.69, 9.17) is 4.74 Å². The largest absolute Gasteiger partial charge is 0.463 e. The lowest BCUT2D eigenvalue weighted by Crippen LogP contribution is -2.51. The quantitative estimate of drug-likeness (QED) is 0.682. The van der Waals surface area contributed by atoms with Crippen molar-refractivity contribution in [3.05, 3.63) is 41.1 Å². The number of likely N-dealkylation sites (N-methyl/N-ethyl adjacent to an activating group) is 1. The van der Waals surface area contributed by atoms with Gasteiger partial charge in [-0.15, -0.1) is 0 Å². The molecule has 2 amide bonds. The van der Waals surface area contributed by atoms with E-state index in [2.05, 4.69) is 44.7 Å². The highest BCUT2D eigenvalue weighted by Gasteiger charge is 2.31. The molecule has 7 nitrogen and oxygen atoms in total. The molecule has 0 aromatic heterocycles. The highest BCUT2D eigenvalue weighted by Crippen LogP contribution is 2.19. The minimum Gasteiger partial charge on any atom is -0.463 e. The maximum atomic E-state index is 12.4. The summed E-state index contributed by atoms with van der Waals surface area (Å²) in [4.78, 5) is 28.5. The molecule has 2 N–H and O–H groups in total. The number of carbonyl (C=O) groups excluding carboxylic acids is 2. The van der Waals surface area contributed by atoms with Crippen LogP contribution in [0.25, 0.3) is 0 Å². The minimum absolute atomic E-state index is 0.284. The van der Waals surface area contributed by atoms with E-state index in [0.29, 0.717) is 37.4 Å². The number of carbonyl (C=O) groups is 2. The molecule has 1 aliphatic heterocycles. The molecule has 0 fully saturated rings. The summed E-state index contributed by atoms with van der Waals surface area (Å²) in [5.74, 6) is -0.379. The fourth-order valence-corrected chi connectivity index (χ4v) is 3.12. The number of ether oxygens (including phenoxy) is 1. The van der Waals surface area contributed by atoms with Gasteiger partial charge < -0.3 is 20.3 Å². The van der Waals surface area contributed by atoms with Gasteiger partial charge in [0.05, 0.1) is 18.2 Å². The number of amides is 2. The van der Waals surface area contributed by atoms with Crippen molar-refractivity contribution in [3.63, 3.8) is 0 Å². The molecule has 0 aliphatic carbocycles. The molecule has 0 saturated carbocycles. The van der Waals surface area contributed by atoms with Gasteiger partial charge in [-0.1, -0.05) is 19.1 Å². The van der Waals surface area contributed by atoms with Crippen molar-refractivity contribution in [1.29, 1.82) is 0 Å². The lowest BCUT2D eigenvalue weighted by Gasteiger charge is -2.30. The van der Waals surface area contributed by atoms with E-state index < -0.39 is 0 Å². The Morgan fingerprint density at radius 2 is 1.78 bits per heavy atom. The summed E-state index contributed by atoms with van der Waals surface area (Å²) in [6.07, 6.45) is 0.626. The summed E-state index contributed by atoms with van der Waals surface area (Å²) in [5.41, 5.74) is 3.42. The second kappa shape index (κ2) is 9.41. The molecule has 0 spiro atoms. The van der Waals surface area contributed by atoms with Crippen LogP contribution in [0.3, 0.4) is 0 Å². The summed E-state index contributed by atoms with van der Waals surface area (Å²) < 4.78 is 5.20. The van der Waals surface area contributed by atoms with Crippen molar-refractivity contribution >= 4 is 17.7 Å². The number of rotatable bonds is 8. The summed E-state index contributed by atoms with van der Waals surface area (Å²) in [6.45, 7) is 5.16. The van der Waals surface area contributed by atoms with Crippen molar-refractivity contribution in [3.8, 4) is 0 Å². The van der Waals surface area contributed by atoms with Crippen LogP contribution in [0.1, 0.15) is 25.8 Å². The number of nitrogens with one attached hydrogen (secondary N) is 2. The third-order valence-corrected chi connectivity index (χ3v) is 4.48. The number of esters is 1. The van der Waals surface area contributed by atoms with E-state index in [1.165, 1.54) is 0 Å². The van der Waals surface area contributed by atoms with Gasteiger partial charge in [0.2, 0.25) is 0 Å². The fraction of sp³-hybridized carbons (Fsp3) is 0.500. The summed E-state index contributed by atoms with van der Waals surface area (Å²) in [7, 11) is 5.98. The van der Waals surface area contributed by atoms with Crippen LogP contribution in [-0.2, 0) is 16.1 Å². The van der Waals surface area contributed by atoms with Crippen molar-refractivity contribution in [2.45, 2.75) is 32.9 Å². The average Bonchev–Trinajstić information content (AvgIpc) is 2.61. The summed E-state index contributed by atoms with van der Waals surface area (Å²) in [6, 6.07) is 7.71. The highest BCUT2D eigenvalue weighted by atomic mass is 16.5. The van der Waals surface area contributed by atoms with Crippen molar-refractivity contribution in [2.75, 3.05) is 39.2 Å². The first-order valence-corrected chi connectivity index (χ1v) is 9.28. The minimum atomic E-state index is -0.379. The predicted molar refractivity (Wildman–Crippen MR) is 107 cm³/mol. The molecule has 1 aliphatic rings. The second-order valence-corrected chi connectivity index (χ2v) is 6.91. The van der Waals surface area contributed by atoms with E-state index in [1.54, 1.807) is 6.92 Å². The second-order valence-electron chi connectivity index (χ2n) is 6.91. The lowest BCUT2D eigenvalue weighted by atomic mass is 10.00. The Morgan fingerprint density at radius 1 is 1.11 bits per heavy atom. The molecule has 1 atom stereocenters. The van der Waals surface area contributed by atoms with Gasteiger partial charge in [-0.2, -0.15) is 0 Å². The predicted octanol–water partition coefficient (Wildman–Crippen LogP) is 2.09. The molecular weight excluding hydrogens is 344 g/mol. The molecule has 7 heteroatoms. The molecule has 0 bridgehead atoms. The third-order valence-electron chi connectivity index (χ3n) is 4.48. The van der Waals surface area contributed by atoms with E-state index in [9.17, 15) is 9.59 Å². The molecule has 27 heavy (non-hydrogen) atoms. The van der Waals surface area contributed by atoms with Gasteiger partial charge in [0.25, 0.3) is 0 Å². The molecule has 1 aromatic carbocycles. The summed E-state index contributed by atoms with van der Waals surface area (Å²) in [5, 5.41) is 5.58. The molecule has 0 saturated heterocycles.